The number of fused-ring (bicyclic) bond motifs is 1. The molecule has 0 atom stereocenters. The summed E-state index contributed by atoms with van der Waals surface area (Å²) in [6.45, 7) is 0. The lowest BCUT2D eigenvalue weighted by atomic mass is 10.1. The molecule has 0 aliphatic carbocycles. The molecule has 0 saturated heterocycles. The fraction of sp³-hybridized carbons (Fsp3) is 0.250. The third kappa shape index (κ3) is 2.35. The highest BCUT2D eigenvalue weighted by Crippen LogP contribution is 2.38. The van der Waals surface area contributed by atoms with Crippen molar-refractivity contribution in [3.8, 4) is 11.5 Å². The van der Waals surface area contributed by atoms with Crippen LogP contribution in [0.2, 0.25) is 0 Å². The molecular formula is C12H9F3O4. The smallest absolute Gasteiger partial charge is 0.417 e. The van der Waals surface area contributed by atoms with Crippen molar-refractivity contribution in [2.75, 3.05) is 14.2 Å². The number of hydrogen-bond acceptors (Lipinski definition) is 4. The number of ether oxygens (including phenoxy) is 2. The van der Waals surface area contributed by atoms with Crippen LogP contribution in [-0.2, 0) is 6.18 Å². The Labute approximate surface area is 105 Å². The molecule has 0 radical (unpaired) electrons. The molecule has 1 heterocycles. The Hall–Kier alpha value is -2.18. The number of rotatable bonds is 2. The van der Waals surface area contributed by atoms with E-state index < -0.39 is 17.4 Å². The molecule has 0 spiro atoms. The standard InChI is InChI=1S/C12H9F3O4/c1-17-9-3-6-7(12(13,14)15)4-11(16)19-8(6)5-10(9)18-2/h3-5H,1-2H3. The molecule has 0 amide bonds. The van der Waals surface area contributed by atoms with Gasteiger partial charge in [0.1, 0.15) is 5.58 Å². The molecule has 2 rings (SSSR count). The lowest BCUT2D eigenvalue weighted by molar-refractivity contribution is -0.136. The van der Waals surface area contributed by atoms with E-state index in [9.17, 15) is 18.0 Å². The van der Waals surface area contributed by atoms with E-state index in [4.69, 9.17) is 13.9 Å². The van der Waals surface area contributed by atoms with Crippen molar-refractivity contribution in [2.45, 2.75) is 6.18 Å². The molecule has 0 unspecified atom stereocenters. The molecule has 0 fully saturated rings. The number of methoxy groups -OCH3 is 2. The summed E-state index contributed by atoms with van der Waals surface area (Å²) in [4.78, 5) is 11.2. The molecule has 0 saturated carbocycles. The van der Waals surface area contributed by atoms with Crippen LogP contribution in [0.15, 0.2) is 27.4 Å². The fourth-order valence-electron chi connectivity index (χ4n) is 1.72. The number of alkyl halides is 3. The van der Waals surface area contributed by atoms with Crippen LogP contribution in [0.25, 0.3) is 11.0 Å². The summed E-state index contributed by atoms with van der Waals surface area (Å²) in [6, 6.07) is 2.72. The molecule has 0 aliphatic rings. The highest BCUT2D eigenvalue weighted by molar-refractivity contribution is 5.84. The first-order chi connectivity index (χ1) is 8.86. The van der Waals surface area contributed by atoms with Gasteiger partial charge in [-0.25, -0.2) is 4.79 Å². The minimum absolute atomic E-state index is 0.120. The number of benzene rings is 1. The predicted octanol–water partition coefficient (Wildman–Crippen LogP) is 2.83. The van der Waals surface area contributed by atoms with Crippen molar-refractivity contribution in [2.24, 2.45) is 0 Å². The van der Waals surface area contributed by atoms with Crippen molar-refractivity contribution >= 4 is 11.0 Å². The molecule has 19 heavy (non-hydrogen) atoms. The summed E-state index contributed by atoms with van der Waals surface area (Å²) in [5.74, 6) is 0.298. The zero-order valence-electron chi connectivity index (χ0n) is 10.00. The number of halogens is 3. The van der Waals surface area contributed by atoms with Gasteiger partial charge in [-0.3, -0.25) is 0 Å². The van der Waals surface area contributed by atoms with Gasteiger partial charge in [-0.2, -0.15) is 13.2 Å². The Kier molecular flexibility index (Phi) is 3.13. The molecule has 0 N–H and O–H groups in total. The van der Waals surface area contributed by atoms with Crippen molar-refractivity contribution in [3.05, 3.63) is 34.2 Å². The van der Waals surface area contributed by atoms with E-state index >= 15 is 0 Å². The third-order valence-corrected chi connectivity index (χ3v) is 2.55. The van der Waals surface area contributed by atoms with E-state index in [-0.39, 0.29) is 22.5 Å². The zero-order chi connectivity index (χ0) is 14.2. The first-order valence-electron chi connectivity index (χ1n) is 5.14. The van der Waals surface area contributed by atoms with Crippen molar-refractivity contribution in [1.82, 2.24) is 0 Å². The van der Waals surface area contributed by atoms with Gasteiger partial charge in [0, 0.05) is 17.5 Å². The van der Waals surface area contributed by atoms with Crippen LogP contribution in [0.3, 0.4) is 0 Å². The van der Waals surface area contributed by atoms with E-state index in [1.807, 2.05) is 0 Å². The molecule has 2 aromatic rings. The normalized spacial score (nSPS) is 11.6. The summed E-state index contributed by atoms with van der Waals surface area (Å²) < 4.78 is 53.2. The second kappa shape index (κ2) is 4.49. The summed E-state index contributed by atoms with van der Waals surface area (Å²) in [7, 11) is 2.63. The van der Waals surface area contributed by atoms with Gasteiger partial charge in [0.15, 0.2) is 11.5 Å². The first-order valence-corrected chi connectivity index (χ1v) is 5.14. The van der Waals surface area contributed by atoms with Crippen molar-refractivity contribution < 1.29 is 27.1 Å². The molecule has 0 aliphatic heterocycles. The van der Waals surface area contributed by atoms with Gasteiger partial charge in [-0.05, 0) is 6.07 Å². The Morgan fingerprint density at radius 2 is 1.63 bits per heavy atom. The monoisotopic (exact) mass is 274 g/mol. The average Bonchev–Trinajstić information content (AvgIpc) is 2.34. The largest absolute Gasteiger partial charge is 0.493 e. The molecule has 7 heteroatoms. The van der Waals surface area contributed by atoms with E-state index in [1.165, 1.54) is 20.3 Å². The molecule has 1 aromatic heterocycles. The van der Waals surface area contributed by atoms with E-state index in [2.05, 4.69) is 0 Å². The Balaban J connectivity index is 2.87. The van der Waals surface area contributed by atoms with E-state index in [1.54, 1.807) is 0 Å². The van der Waals surface area contributed by atoms with Gasteiger partial charge in [0.25, 0.3) is 0 Å². The van der Waals surface area contributed by atoms with Crippen LogP contribution < -0.4 is 15.1 Å². The minimum atomic E-state index is -4.66. The Morgan fingerprint density at radius 3 is 2.16 bits per heavy atom. The zero-order valence-corrected chi connectivity index (χ0v) is 10.00. The lowest BCUT2D eigenvalue weighted by Gasteiger charge is -2.12. The highest BCUT2D eigenvalue weighted by Gasteiger charge is 2.34. The van der Waals surface area contributed by atoms with E-state index in [0.29, 0.717) is 6.07 Å². The van der Waals surface area contributed by atoms with Crippen molar-refractivity contribution in [3.63, 3.8) is 0 Å². The maximum Gasteiger partial charge on any atom is 0.417 e. The van der Waals surface area contributed by atoms with Gasteiger partial charge in [-0.1, -0.05) is 0 Å². The van der Waals surface area contributed by atoms with Crippen LogP contribution in [0, 0.1) is 0 Å². The van der Waals surface area contributed by atoms with Gasteiger partial charge in [-0.15, -0.1) is 0 Å². The summed E-state index contributed by atoms with van der Waals surface area (Å²) in [5, 5.41) is -0.259. The topological polar surface area (TPSA) is 48.7 Å². The minimum Gasteiger partial charge on any atom is -0.493 e. The average molecular weight is 274 g/mol. The van der Waals surface area contributed by atoms with E-state index in [0.717, 1.165) is 6.07 Å². The molecule has 4 nitrogen and oxygen atoms in total. The van der Waals surface area contributed by atoms with Gasteiger partial charge in [0.2, 0.25) is 0 Å². The molecular weight excluding hydrogens is 265 g/mol. The molecule has 102 valence electrons. The second-order valence-corrected chi connectivity index (χ2v) is 3.68. The van der Waals surface area contributed by atoms with Gasteiger partial charge in [0.05, 0.1) is 19.8 Å². The Morgan fingerprint density at radius 1 is 1.05 bits per heavy atom. The SMILES string of the molecule is COc1cc2oc(=O)cc(C(F)(F)F)c2cc1OC. The van der Waals surface area contributed by atoms with Crippen LogP contribution >= 0.6 is 0 Å². The number of hydrogen-bond donors (Lipinski definition) is 0. The summed E-state index contributed by atoms with van der Waals surface area (Å²) in [6.07, 6.45) is -4.66. The first kappa shape index (κ1) is 13.3. The van der Waals surface area contributed by atoms with Gasteiger partial charge >= 0.3 is 11.8 Å². The maximum atomic E-state index is 12.9. The quantitative estimate of drug-likeness (QED) is 0.790. The lowest BCUT2D eigenvalue weighted by Crippen LogP contribution is -2.11. The second-order valence-electron chi connectivity index (χ2n) is 3.68. The van der Waals surface area contributed by atoms with Gasteiger partial charge < -0.3 is 13.9 Å². The van der Waals surface area contributed by atoms with Crippen LogP contribution in [0.4, 0.5) is 13.2 Å². The molecule has 0 bridgehead atoms. The summed E-state index contributed by atoms with van der Waals surface area (Å²) in [5.41, 5.74) is -2.36. The maximum absolute atomic E-state index is 12.9. The Bertz CT molecular complexity index is 673. The predicted molar refractivity (Wildman–Crippen MR) is 60.6 cm³/mol. The summed E-state index contributed by atoms with van der Waals surface area (Å²) >= 11 is 0. The highest BCUT2D eigenvalue weighted by atomic mass is 19.4. The third-order valence-electron chi connectivity index (χ3n) is 2.55. The van der Waals surface area contributed by atoms with Crippen LogP contribution in [0.1, 0.15) is 5.56 Å². The molecule has 1 aromatic carbocycles. The fourth-order valence-corrected chi connectivity index (χ4v) is 1.72. The van der Waals surface area contributed by atoms with Crippen LogP contribution in [-0.4, -0.2) is 14.2 Å². The van der Waals surface area contributed by atoms with Crippen molar-refractivity contribution in [1.29, 1.82) is 0 Å². The van der Waals surface area contributed by atoms with Crippen LogP contribution in [0.5, 0.6) is 11.5 Å².